The minimum absolute atomic E-state index is 0.969. The summed E-state index contributed by atoms with van der Waals surface area (Å²) in [6.45, 7) is 0. The van der Waals surface area contributed by atoms with Crippen molar-refractivity contribution >= 4 is 17.9 Å². The molecule has 6 rings (SSSR count). The van der Waals surface area contributed by atoms with Crippen molar-refractivity contribution in [3.8, 4) is 0 Å². The Bertz CT molecular complexity index is 1500. The molecule has 6 aromatic rings. The monoisotopic (exact) mass is 548 g/mol. The van der Waals surface area contributed by atoms with E-state index in [0.29, 0.717) is 0 Å². The van der Waals surface area contributed by atoms with Crippen molar-refractivity contribution in [2.24, 2.45) is 0 Å². The zero-order chi connectivity index (χ0) is 27.7. The van der Waals surface area contributed by atoms with Crippen LogP contribution in [0.1, 0.15) is 33.4 Å². The summed E-state index contributed by atoms with van der Waals surface area (Å²) >= 11 is 0. The van der Waals surface area contributed by atoms with Crippen LogP contribution in [-0.4, -0.2) is 0 Å². The van der Waals surface area contributed by atoms with Crippen molar-refractivity contribution in [1.82, 2.24) is 0 Å². The third-order valence-corrected chi connectivity index (χ3v) is 13.1. The van der Waals surface area contributed by atoms with Crippen molar-refractivity contribution in [3.63, 3.8) is 0 Å². The Balaban J connectivity index is 1.33. The zero-order valence-corrected chi connectivity index (χ0v) is 24.5. The van der Waals surface area contributed by atoms with Gasteiger partial charge in [0.1, 0.15) is 0 Å². The van der Waals surface area contributed by atoms with E-state index < -0.39 is 7.26 Å². The molecule has 0 radical (unpaired) electrons. The van der Waals surface area contributed by atoms with Crippen LogP contribution in [0.15, 0.2) is 170 Å². The van der Waals surface area contributed by atoms with Gasteiger partial charge in [-0.3, -0.25) is 0 Å². The fraction of sp³-hybridized carbons (Fsp3) is 0.100. The Labute approximate surface area is 245 Å². The SMILES string of the molecule is c1ccc(Cc2ccc(C[PH](Cc3ccc(Cc4ccccc4)cc3)(c3ccccc3)c3ccccc3)cc2)cc1. The molecule has 0 heterocycles. The van der Waals surface area contributed by atoms with Gasteiger partial charge in [-0.1, -0.05) is 0 Å². The summed E-state index contributed by atoms with van der Waals surface area (Å²) in [7, 11) is -2.21. The molecular weight excluding hydrogens is 511 g/mol. The molecule has 0 N–H and O–H groups in total. The number of hydrogen-bond acceptors (Lipinski definition) is 0. The molecule has 41 heavy (non-hydrogen) atoms. The third-order valence-electron chi connectivity index (χ3n) is 8.21. The number of rotatable bonds is 10. The van der Waals surface area contributed by atoms with Crippen LogP contribution in [0.2, 0.25) is 0 Å². The van der Waals surface area contributed by atoms with Crippen LogP contribution in [0.5, 0.6) is 0 Å². The minimum atomic E-state index is -2.21. The standard InChI is InChI=1S/C40H37P/c1-5-13-33(14-6-1)29-35-21-25-37(26-22-35)31-41(39-17-9-3-10-18-39,40-19-11-4-12-20-40)32-38-27-23-36(24-28-38)30-34-15-7-2-8-16-34/h1-28,41H,29-32H2. The first-order valence-corrected chi connectivity index (χ1v) is 17.0. The first kappa shape index (κ1) is 26.9. The molecule has 6 aromatic carbocycles. The molecule has 202 valence electrons. The maximum atomic E-state index is 2.37. The average molecular weight is 549 g/mol. The van der Waals surface area contributed by atoms with Crippen LogP contribution in [-0.2, 0) is 25.2 Å². The van der Waals surface area contributed by atoms with Gasteiger partial charge < -0.3 is 0 Å². The summed E-state index contributed by atoms with van der Waals surface area (Å²) in [5, 5.41) is 2.99. The Hall–Kier alpha value is -4.25. The molecule has 1 heteroatoms. The van der Waals surface area contributed by atoms with E-state index in [1.54, 1.807) is 0 Å². The van der Waals surface area contributed by atoms with Gasteiger partial charge in [0.15, 0.2) is 0 Å². The predicted molar refractivity (Wildman–Crippen MR) is 179 cm³/mol. The Kier molecular flexibility index (Phi) is 8.51. The van der Waals surface area contributed by atoms with E-state index in [0.717, 1.165) is 25.2 Å². The summed E-state index contributed by atoms with van der Waals surface area (Å²) in [5.74, 6) is 0. The van der Waals surface area contributed by atoms with Gasteiger partial charge in [-0.2, -0.15) is 0 Å². The first-order chi connectivity index (χ1) is 20.3. The van der Waals surface area contributed by atoms with Crippen molar-refractivity contribution in [2.75, 3.05) is 0 Å². The second kappa shape index (κ2) is 12.9. The van der Waals surface area contributed by atoms with E-state index in [1.807, 2.05) is 0 Å². The molecular formula is C40H37P. The van der Waals surface area contributed by atoms with E-state index in [-0.39, 0.29) is 0 Å². The van der Waals surface area contributed by atoms with Gasteiger partial charge in [0.25, 0.3) is 0 Å². The first-order valence-electron chi connectivity index (χ1n) is 14.6. The molecule has 0 atom stereocenters. The molecule has 0 amide bonds. The molecule has 0 fully saturated rings. The van der Waals surface area contributed by atoms with E-state index >= 15 is 0 Å². The quantitative estimate of drug-likeness (QED) is 0.150. The molecule has 0 saturated heterocycles. The summed E-state index contributed by atoms with van der Waals surface area (Å²) in [6.07, 6.45) is 4.07. The van der Waals surface area contributed by atoms with Crippen LogP contribution < -0.4 is 10.6 Å². The van der Waals surface area contributed by atoms with Crippen molar-refractivity contribution in [1.29, 1.82) is 0 Å². The molecule has 0 saturated carbocycles. The van der Waals surface area contributed by atoms with Gasteiger partial charge in [0, 0.05) is 0 Å². The topological polar surface area (TPSA) is 0 Å². The maximum absolute atomic E-state index is 2.37. The van der Waals surface area contributed by atoms with Crippen LogP contribution in [0.25, 0.3) is 0 Å². The normalized spacial score (nSPS) is 11.7. The molecule has 0 aliphatic heterocycles. The van der Waals surface area contributed by atoms with Crippen molar-refractivity contribution < 1.29 is 0 Å². The summed E-state index contributed by atoms with van der Waals surface area (Å²) < 4.78 is 0. The van der Waals surface area contributed by atoms with Crippen LogP contribution in [0.3, 0.4) is 0 Å². The third kappa shape index (κ3) is 6.74. The van der Waals surface area contributed by atoms with Crippen molar-refractivity contribution in [2.45, 2.75) is 25.2 Å². The van der Waals surface area contributed by atoms with Gasteiger partial charge in [-0.15, -0.1) is 0 Å². The summed E-state index contributed by atoms with van der Waals surface area (Å²) in [5.41, 5.74) is 8.27. The fourth-order valence-corrected chi connectivity index (χ4v) is 10.9. The fourth-order valence-electron chi connectivity index (χ4n) is 6.06. The number of benzene rings is 6. The second-order valence-corrected chi connectivity index (χ2v) is 15.2. The van der Waals surface area contributed by atoms with Gasteiger partial charge >= 0.3 is 246 Å². The van der Waals surface area contributed by atoms with E-state index in [2.05, 4.69) is 170 Å². The van der Waals surface area contributed by atoms with E-state index in [4.69, 9.17) is 0 Å². The molecule has 0 spiro atoms. The molecule has 0 aromatic heterocycles. The van der Waals surface area contributed by atoms with Gasteiger partial charge in [-0.25, -0.2) is 0 Å². The zero-order valence-electron chi connectivity index (χ0n) is 23.5. The molecule has 0 unspecified atom stereocenters. The van der Waals surface area contributed by atoms with E-state index in [1.165, 1.54) is 44.0 Å². The Morgan fingerprint density at radius 2 is 0.537 bits per heavy atom. The van der Waals surface area contributed by atoms with Crippen LogP contribution in [0.4, 0.5) is 0 Å². The van der Waals surface area contributed by atoms with Crippen LogP contribution >= 0.6 is 7.26 Å². The van der Waals surface area contributed by atoms with Gasteiger partial charge in [0.05, 0.1) is 0 Å². The molecule has 0 bridgehead atoms. The Morgan fingerprint density at radius 1 is 0.268 bits per heavy atom. The number of hydrogen-bond donors (Lipinski definition) is 0. The Morgan fingerprint density at radius 3 is 0.878 bits per heavy atom. The second-order valence-electron chi connectivity index (χ2n) is 11.1. The van der Waals surface area contributed by atoms with Crippen LogP contribution in [0, 0.1) is 0 Å². The molecule has 0 aliphatic rings. The van der Waals surface area contributed by atoms with E-state index in [9.17, 15) is 0 Å². The summed E-state index contributed by atoms with van der Waals surface area (Å²) in [6, 6.07) is 62.9. The molecule has 0 nitrogen and oxygen atoms in total. The van der Waals surface area contributed by atoms with Gasteiger partial charge in [-0.05, 0) is 0 Å². The molecule has 0 aliphatic carbocycles. The average Bonchev–Trinajstić information content (AvgIpc) is 3.04. The van der Waals surface area contributed by atoms with Gasteiger partial charge in [0.2, 0.25) is 0 Å². The predicted octanol–water partition coefficient (Wildman–Crippen LogP) is 8.97. The summed E-state index contributed by atoms with van der Waals surface area (Å²) in [4.78, 5) is 0. The van der Waals surface area contributed by atoms with Crippen molar-refractivity contribution in [3.05, 3.63) is 203 Å².